The molecule has 1 heterocycles. The molecule has 1 aliphatic heterocycles. The molecule has 0 aromatic heterocycles. The molecule has 1 saturated heterocycles. The van der Waals surface area contributed by atoms with E-state index in [4.69, 9.17) is 24.6 Å². The SMILES string of the molecule is CC1(C(=O)Cl)COC(=O)OC1.[3H]CCCl. The molecular weight excluding hydrogens is 231 g/mol. The van der Waals surface area contributed by atoms with E-state index in [1.54, 1.807) is 6.92 Å². The monoisotopic (exact) mass is 244 g/mol. The van der Waals surface area contributed by atoms with Crippen LogP contribution in [0.25, 0.3) is 0 Å². The van der Waals surface area contributed by atoms with Crippen molar-refractivity contribution < 1.29 is 20.4 Å². The van der Waals surface area contributed by atoms with E-state index in [-0.39, 0.29) is 13.2 Å². The van der Waals surface area contributed by atoms with Crippen molar-refractivity contribution >= 4 is 34.6 Å². The predicted octanol–water partition coefficient (Wildman–Crippen LogP) is 2.17. The van der Waals surface area contributed by atoms with Gasteiger partial charge in [-0.2, -0.15) is 0 Å². The number of carbonyl (C=O) groups is 2. The summed E-state index contributed by atoms with van der Waals surface area (Å²) >= 11 is 10.2. The quantitative estimate of drug-likeness (QED) is 0.403. The molecule has 0 aromatic carbocycles. The van der Waals surface area contributed by atoms with Crippen LogP contribution in [0.2, 0.25) is 0 Å². The van der Waals surface area contributed by atoms with Gasteiger partial charge in [-0.3, -0.25) is 4.79 Å². The number of halogens is 2. The number of hydrogen-bond acceptors (Lipinski definition) is 4. The van der Waals surface area contributed by atoms with E-state index in [0.717, 1.165) is 0 Å². The second kappa shape index (κ2) is 6.09. The van der Waals surface area contributed by atoms with Crippen LogP contribution in [0.15, 0.2) is 0 Å². The van der Waals surface area contributed by atoms with Gasteiger partial charge in [-0.25, -0.2) is 4.79 Å². The van der Waals surface area contributed by atoms with Crippen LogP contribution in [0.3, 0.4) is 0 Å². The van der Waals surface area contributed by atoms with Crippen LogP contribution in [0, 0.1) is 5.41 Å². The highest BCUT2D eigenvalue weighted by atomic mass is 35.5. The van der Waals surface area contributed by atoms with Crippen molar-refractivity contribution in [2.24, 2.45) is 5.41 Å². The van der Waals surface area contributed by atoms with Crippen molar-refractivity contribution in [1.29, 1.82) is 0 Å². The molecule has 0 bridgehead atoms. The van der Waals surface area contributed by atoms with E-state index in [1.165, 1.54) is 0 Å². The Balaban J connectivity index is 0.000000423. The summed E-state index contributed by atoms with van der Waals surface area (Å²) in [5.74, 6) is 0.458. The molecule has 82 valence electrons. The summed E-state index contributed by atoms with van der Waals surface area (Å²) in [6.45, 7) is 1.90. The second-order valence-electron chi connectivity index (χ2n) is 2.85. The molecule has 0 spiro atoms. The largest absolute Gasteiger partial charge is 0.508 e. The summed E-state index contributed by atoms with van der Waals surface area (Å²) in [5.41, 5.74) is -0.879. The molecule has 0 amide bonds. The van der Waals surface area contributed by atoms with Crippen LogP contribution >= 0.6 is 23.2 Å². The lowest BCUT2D eigenvalue weighted by atomic mass is 9.94. The molecule has 0 radical (unpaired) electrons. The molecule has 0 atom stereocenters. The first-order chi connectivity index (χ1) is 6.96. The van der Waals surface area contributed by atoms with Gasteiger partial charge < -0.3 is 9.47 Å². The molecule has 1 fully saturated rings. The fourth-order valence-corrected chi connectivity index (χ4v) is 0.742. The summed E-state index contributed by atoms with van der Waals surface area (Å²) in [7, 11) is 0. The fraction of sp³-hybridized carbons (Fsp3) is 0.750. The van der Waals surface area contributed by atoms with Gasteiger partial charge in [-0.15, -0.1) is 11.6 Å². The molecule has 1 aliphatic rings. The van der Waals surface area contributed by atoms with Crippen molar-refractivity contribution in [1.82, 2.24) is 0 Å². The second-order valence-corrected chi connectivity index (χ2v) is 3.57. The Morgan fingerprint density at radius 1 is 1.64 bits per heavy atom. The fourth-order valence-electron chi connectivity index (χ4n) is 0.633. The van der Waals surface area contributed by atoms with Crippen LogP contribution in [-0.2, 0) is 14.3 Å². The summed E-state index contributed by atoms with van der Waals surface area (Å²) in [4.78, 5) is 21.1. The van der Waals surface area contributed by atoms with Gasteiger partial charge in [0.05, 0.1) is 0 Å². The van der Waals surface area contributed by atoms with E-state index in [0.29, 0.717) is 12.8 Å². The number of hydrogen-bond donors (Lipinski definition) is 0. The minimum Gasteiger partial charge on any atom is -0.433 e. The third-order valence-corrected chi connectivity index (χ3v) is 1.95. The molecule has 0 aliphatic carbocycles. The number of rotatable bonds is 1. The third-order valence-electron chi connectivity index (χ3n) is 1.49. The van der Waals surface area contributed by atoms with Gasteiger partial charge in [0.2, 0.25) is 5.24 Å². The van der Waals surface area contributed by atoms with Gasteiger partial charge in [-0.05, 0) is 18.5 Å². The number of cyclic esters (lactones) is 2. The van der Waals surface area contributed by atoms with Gasteiger partial charge in [0, 0.05) is 7.25 Å². The van der Waals surface area contributed by atoms with Crippen molar-refractivity contribution in [3.8, 4) is 0 Å². The zero-order chi connectivity index (χ0) is 11.9. The van der Waals surface area contributed by atoms with E-state index in [1.807, 2.05) is 0 Å². The van der Waals surface area contributed by atoms with Crippen LogP contribution in [0.1, 0.15) is 15.2 Å². The minimum absolute atomic E-state index is 0.00579. The smallest absolute Gasteiger partial charge is 0.433 e. The molecule has 4 nitrogen and oxygen atoms in total. The molecule has 1 rings (SSSR count). The topological polar surface area (TPSA) is 52.6 Å². The van der Waals surface area contributed by atoms with Crippen LogP contribution in [0.5, 0.6) is 0 Å². The molecule has 0 N–H and O–H groups in total. The van der Waals surface area contributed by atoms with E-state index in [9.17, 15) is 9.59 Å². The maximum atomic E-state index is 10.7. The Bertz CT molecular complexity index is 223. The van der Waals surface area contributed by atoms with Crippen LogP contribution in [0.4, 0.5) is 4.79 Å². The molecule has 6 heteroatoms. The Labute approximate surface area is 93.9 Å². The minimum atomic E-state index is -0.879. The third kappa shape index (κ3) is 4.15. The van der Waals surface area contributed by atoms with Crippen molar-refractivity contribution in [2.45, 2.75) is 13.8 Å². The Morgan fingerprint density at radius 2 is 2.07 bits per heavy atom. The molecule has 14 heavy (non-hydrogen) atoms. The molecule has 0 saturated carbocycles. The van der Waals surface area contributed by atoms with Crippen molar-refractivity contribution in [2.75, 3.05) is 19.1 Å². The van der Waals surface area contributed by atoms with Crippen LogP contribution in [-0.4, -0.2) is 30.5 Å². The number of alkyl halides is 1. The van der Waals surface area contributed by atoms with Gasteiger partial charge in [0.15, 0.2) is 0 Å². The zero-order valence-corrected chi connectivity index (χ0v) is 9.23. The van der Waals surface area contributed by atoms with Crippen molar-refractivity contribution in [3.05, 3.63) is 0 Å². The first kappa shape index (κ1) is 11.6. The maximum absolute atomic E-state index is 10.7. The van der Waals surface area contributed by atoms with E-state index in [2.05, 4.69) is 9.47 Å². The standard InChI is InChI=1S/C6H7ClO4.C2H5Cl/c1-6(4(7)8)2-10-5(9)11-3-6;1-2-3/h2-3H2,1H3;2H2,1H3/i;1T. The van der Waals surface area contributed by atoms with Gasteiger partial charge in [-0.1, -0.05) is 6.90 Å². The molecular formula is C8H12Cl2O4. The number of ether oxygens (including phenoxy) is 2. The van der Waals surface area contributed by atoms with Crippen molar-refractivity contribution in [3.63, 3.8) is 0 Å². The summed E-state index contributed by atoms with van der Waals surface area (Å²) < 4.78 is 15.3. The van der Waals surface area contributed by atoms with Crippen LogP contribution < -0.4 is 0 Å². The van der Waals surface area contributed by atoms with Gasteiger partial charge >= 0.3 is 6.16 Å². The van der Waals surface area contributed by atoms with Gasteiger partial charge in [0.25, 0.3) is 0 Å². The van der Waals surface area contributed by atoms with Gasteiger partial charge in [0.1, 0.15) is 18.6 Å². The predicted molar refractivity (Wildman–Crippen MR) is 52.7 cm³/mol. The highest BCUT2D eigenvalue weighted by Gasteiger charge is 2.39. The highest BCUT2D eigenvalue weighted by Crippen LogP contribution is 2.24. The normalized spacial score (nSPS) is 19.4. The Kier molecular flexibility index (Phi) is 5.04. The highest BCUT2D eigenvalue weighted by molar-refractivity contribution is 6.64. The summed E-state index contributed by atoms with van der Waals surface area (Å²) in [5, 5.41) is -0.551. The average Bonchev–Trinajstić information content (AvgIpc) is 2.23. The molecule has 0 aromatic rings. The first-order valence-corrected chi connectivity index (χ1v) is 4.72. The lowest BCUT2D eigenvalue weighted by Crippen LogP contribution is -2.41. The summed E-state index contributed by atoms with van der Waals surface area (Å²) in [6, 6.07) is 0. The zero-order valence-electron chi connectivity index (χ0n) is 8.72. The Hall–Kier alpha value is -0.480. The number of carbonyl (C=O) groups excluding carboxylic acids is 2. The molecule has 0 unspecified atom stereocenters. The van der Waals surface area contributed by atoms with E-state index >= 15 is 0 Å². The average molecular weight is 245 g/mol. The maximum Gasteiger partial charge on any atom is 0.508 e. The van der Waals surface area contributed by atoms with E-state index < -0.39 is 16.8 Å². The first-order valence-electron chi connectivity index (χ1n) is 4.51. The Morgan fingerprint density at radius 3 is 2.36 bits per heavy atom. The summed E-state index contributed by atoms with van der Waals surface area (Å²) in [6.07, 6.45) is -0.750. The lowest BCUT2D eigenvalue weighted by Gasteiger charge is -2.28. The lowest BCUT2D eigenvalue weighted by molar-refractivity contribution is -0.130.